The van der Waals surface area contributed by atoms with E-state index in [0.29, 0.717) is 62.7 Å². The Balaban J connectivity index is 0.939. The molecule has 0 aliphatic carbocycles. The molecule has 0 unspecified atom stereocenters. The summed E-state index contributed by atoms with van der Waals surface area (Å²) in [5, 5.41) is 23.4. The van der Waals surface area contributed by atoms with Gasteiger partial charge in [-0.05, 0) is 123 Å². The van der Waals surface area contributed by atoms with Crippen LogP contribution in [-0.4, -0.2) is 173 Å². The van der Waals surface area contributed by atoms with E-state index in [2.05, 4.69) is 21.3 Å². The number of benzene rings is 9. The number of nitrogens with one attached hydrogen (secondary N) is 4. The lowest BCUT2D eigenvalue weighted by Gasteiger charge is -2.32. The van der Waals surface area contributed by atoms with E-state index in [1.165, 1.54) is 68.2 Å². The van der Waals surface area contributed by atoms with Crippen molar-refractivity contribution >= 4 is 126 Å². The van der Waals surface area contributed by atoms with E-state index in [-0.39, 0.29) is 166 Å². The normalized spacial score (nSPS) is 13.7. The average Bonchev–Trinajstić information content (AvgIpc) is 1.01. The van der Waals surface area contributed by atoms with Crippen molar-refractivity contribution in [1.29, 1.82) is 0 Å². The van der Waals surface area contributed by atoms with Crippen molar-refractivity contribution in [1.82, 2.24) is 40.9 Å². The summed E-state index contributed by atoms with van der Waals surface area (Å²) in [6, 6.07) is 63.9. The van der Waals surface area contributed by atoms with Gasteiger partial charge in [0.25, 0.3) is 35.4 Å². The molecule has 0 bridgehead atoms. The molecule has 3 heterocycles. The van der Waals surface area contributed by atoms with Crippen LogP contribution < -0.4 is 49.7 Å². The van der Waals surface area contributed by atoms with Crippen LogP contribution in [0, 0.1) is 0 Å². The summed E-state index contributed by atoms with van der Waals surface area (Å²) in [4.78, 5) is 111. The lowest BCUT2D eigenvalue weighted by atomic mass is 10.0. The van der Waals surface area contributed by atoms with Crippen LogP contribution in [0.4, 0.5) is 4.79 Å². The first-order valence-electron chi connectivity index (χ1n) is 40.4. The second-order valence-electron chi connectivity index (χ2n) is 30.0. The topological polar surface area (TPSA) is 265 Å². The second-order valence-corrected chi connectivity index (χ2v) is 35.1. The molecular formula is C93H98N8O15S6. The fraction of sp³-hybridized carbons (Fsp3) is 0.312. The smallest absolute Gasteiger partial charge is 0.407 e. The molecule has 3 saturated heterocycles. The van der Waals surface area contributed by atoms with Crippen molar-refractivity contribution in [3.8, 4) is 34.5 Å². The maximum atomic E-state index is 16.0. The Morgan fingerprint density at radius 3 is 0.959 bits per heavy atom. The third kappa shape index (κ3) is 25.6. The Labute approximate surface area is 740 Å². The van der Waals surface area contributed by atoms with Crippen LogP contribution >= 0.6 is 71.9 Å². The molecule has 3 fully saturated rings. The highest BCUT2D eigenvalue weighted by molar-refractivity contribution is 8.24. The number of aliphatic hydroxyl groups is 1. The van der Waals surface area contributed by atoms with Crippen molar-refractivity contribution < 1.29 is 71.8 Å². The number of aliphatic hydroxyl groups excluding tert-OH is 1. The predicted molar refractivity (Wildman–Crippen MR) is 488 cm³/mol. The number of rotatable bonds is 41. The van der Waals surface area contributed by atoms with Crippen LogP contribution in [-0.2, 0) is 44.4 Å². The molecule has 29 heteroatoms. The molecule has 0 saturated carbocycles. The van der Waals surface area contributed by atoms with Gasteiger partial charge in [-0.15, -0.1) is 0 Å². The van der Waals surface area contributed by atoms with Crippen LogP contribution in [0.25, 0.3) is 0 Å². The zero-order chi connectivity index (χ0) is 85.7. The van der Waals surface area contributed by atoms with Gasteiger partial charge in [0.2, 0.25) is 0 Å². The molecule has 636 valence electrons. The minimum atomic E-state index is -0.820. The van der Waals surface area contributed by atoms with E-state index >= 15 is 14.4 Å². The van der Waals surface area contributed by atoms with Gasteiger partial charge in [0, 0.05) is 88.3 Å². The largest absolute Gasteiger partial charge is 0.484 e. The summed E-state index contributed by atoms with van der Waals surface area (Å²) >= 11 is 21.2. The van der Waals surface area contributed by atoms with Gasteiger partial charge in [-0.2, -0.15) is 0 Å². The summed E-state index contributed by atoms with van der Waals surface area (Å²) in [6.45, 7) is 6.18. The minimum absolute atomic E-state index is 0.000705. The number of carbonyl (C=O) groups excluding carboxylic acids is 7. The molecular weight excluding hydrogens is 1660 g/mol. The maximum absolute atomic E-state index is 16.0. The zero-order valence-corrected chi connectivity index (χ0v) is 73.0. The second kappa shape index (κ2) is 45.3. The molecule has 122 heavy (non-hydrogen) atoms. The molecule has 0 spiro atoms. The molecule has 2 atom stereocenters. The molecule has 0 radical (unpaired) electrons. The fourth-order valence-electron chi connectivity index (χ4n) is 13.7. The number of hydrogen-bond donors (Lipinski definition) is 5. The van der Waals surface area contributed by atoms with E-state index in [1.54, 1.807) is 39.0 Å². The van der Waals surface area contributed by atoms with Crippen LogP contribution in [0.3, 0.4) is 0 Å². The Hall–Kier alpha value is -10.9. The number of thioether (sulfide) groups is 3. The number of thiocarbonyl (C=S) groups is 3. The van der Waals surface area contributed by atoms with E-state index in [1.807, 2.05) is 187 Å². The van der Waals surface area contributed by atoms with Crippen LogP contribution in [0.15, 0.2) is 218 Å². The van der Waals surface area contributed by atoms with Crippen molar-refractivity contribution in [3.63, 3.8) is 0 Å². The minimum Gasteiger partial charge on any atom is -0.484 e. The molecule has 7 amide bonds. The molecule has 3 aliphatic rings. The van der Waals surface area contributed by atoms with Gasteiger partial charge in [0.15, 0.2) is 34.5 Å². The number of carbonyl (C=O) groups is 7. The van der Waals surface area contributed by atoms with Gasteiger partial charge < -0.3 is 59.5 Å². The summed E-state index contributed by atoms with van der Waals surface area (Å²) in [7, 11) is 0. The van der Waals surface area contributed by atoms with Crippen LogP contribution in [0.5, 0.6) is 34.5 Å². The van der Waals surface area contributed by atoms with E-state index in [9.17, 15) is 24.3 Å². The first kappa shape index (κ1) is 90.3. The van der Waals surface area contributed by atoms with Crippen molar-refractivity contribution in [2.24, 2.45) is 0 Å². The monoisotopic (exact) mass is 1760 g/mol. The number of unbranched alkanes of at least 4 members (excludes halogenated alkanes) is 1. The first-order chi connectivity index (χ1) is 59.2. The van der Waals surface area contributed by atoms with Crippen LogP contribution in [0.1, 0.15) is 148 Å². The van der Waals surface area contributed by atoms with Gasteiger partial charge >= 0.3 is 6.09 Å². The van der Waals surface area contributed by atoms with E-state index < -0.39 is 59.2 Å². The summed E-state index contributed by atoms with van der Waals surface area (Å²) in [5.74, 6) is -1.30. The Bertz CT molecular complexity index is 5120. The molecule has 9 aromatic rings. The lowest BCUT2D eigenvalue weighted by molar-refractivity contribution is 0.0525. The summed E-state index contributed by atoms with van der Waals surface area (Å²) < 4.78 is 47.1. The maximum Gasteiger partial charge on any atom is 0.407 e. The third-order valence-corrected chi connectivity index (χ3v) is 24.1. The van der Waals surface area contributed by atoms with E-state index in [4.69, 9.17) is 69.8 Å². The summed E-state index contributed by atoms with van der Waals surface area (Å²) in [5.41, 5.74) is 4.31. The van der Waals surface area contributed by atoms with Gasteiger partial charge in [-0.25, -0.2) is 4.79 Å². The number of ether oxygens (including phenoxy) is 7. The SMILES string of the molecule is CC(C)(C)OC(=O)NCCCC[C@@H](CN(CCNC(=O)c1ccc(C(=O)N2CCSC2=S)c(OCc2ccccc2)c1OCc1ccccc1)C[C@H](CCCO)NC(=O)c1ccc(C(=O)N2CCSC2=S)c(OCc2ccccc2)c1OCc1ccccc1)NC(=O)c1ccc(C(=O)N2CCSC2=S)c(OCc2ccccc2)c1OCc1ccccc1. The van der Waals surface area contributed by atoms with Gasteiger partial charge in [-0.3, -0.25) is 48.4 Å². The van der Waals surface area contributed by atoms with Crippen molar-refractivity contribution in [3.05, 3.63) is 285 Å². The zero-order valence-electron chi connectivity index (χ0n) is 68.1. The van der Waals surface area contributed by atoms with Gasteiger partial charge in [-0.1, -0.05) is 254 Å². The lowest BCUT2D eigenvalue weighted by Crippen LogP contribution is -2.51. The Morgan fingerprint density at radius 2 is 0.672 bits per heavy atom. The third-order valence-electron chi connectivity index (χ3n) is 19.8. The molecule has 3 aliphatic heterocycles. The van der Waals surface area contributed by atoms with Gasteiger partial charge in [0.1, 0.15) is 58.2 Å². The number of nitrogens with zero attached hydrogens (tertiary/aromatic N) is 4. The van der Waals surface area contributed by atoms with Crippen molar-refractivity contribution in [2.45, 2.75) is 110 Å². The van der Waals surface area contributed by atoms with E-state index in [0.717, 1.165) is 33.4 Å². The van der Waals surface area contributed by atoms with Crippen molar-refractivity contribution in [2.75, 3.05) is 76.2 Å². The molecule has 23 nitrogen and oxygen atoms in total. The predicted octanol–water partition coefficient (Wildman–Crippen LogP) is 15.7. The highest BCUT2D eigenvalue weighted by Gasteiger charge is 2.37. The Morgan fingerprint density at radius 1 is 0.385 bits per heavy atom. The standard InChI is InChI=1S/C93H98N8O15S6/c1-93(2,3)116-89(109)95-45-23-22-37-69(96-84(104)72-40-43-75(87(107)100-49-53-121-91(100)118)81(114-61-67-33-18-8-19-34-67)78(72)111-58-64-27-12-5-13-28-64)55-98(47-46-94-83(103)71-39-42-74(86(106)99-48-52-120-90(99)117)80(113-60-66-31-16-7-17-32-66)77(71)110-57-63-25-10-4-11-26-63)56-70(38-24-51-102)97-85(105)73-41-44-76(88(108)101-50-54-122-92(101)119)82(115-62-68-35-20-9-21-36-68)79(73)112-59-65-29-14-6-15-30-65/h4-21,25-36,39-44,69-70,102H,22-24,37-38,45-62H2,1-3H3,(H,94,103)(H,95,109)(H,96,104)(H,97,105)/t69-,70-/m0/s1. The summed E-state index contributed by atoms with van der Waals surface area (Å²) in [6.07, 6.45) is 0.906. The number of alkyl carbamates (subject to hydrolysis) is 1. The quantitative estimate of drug-likeness (QED) is 0.0176. The average molecular weight is 1760 g/mol. The number of amides is 7. The number of hydrogen-bond acceptors (Lipinski definition) is 22. The fourth-order valence-corrected chi connectivity index (χ4v) is 17.4. The molecule has 12 rings (SSSR count). The first-order valence-corrected chi connectivity index (χ1v) is 44.6. The molecule has 5 N–H and O–H groups in total. The highest BCUT2D eigenvalue weighted by atomic mass is 32.2. The van der Waals surface area contributed by atoms with Gasteiger partial charge in [0.05, 0.1) is 33.4 Å². The Kier molecular flexibility index (Phi) is 33.5. The van der Waals surface area contributed by atoms with Crippen LogP contribution in [0.2, 0.25) is 0 Å². The molecule has 0 aromatic heterocycles. The molecule has 9 aromatic carbocycles. The highest BCUT2D eigenvalue weighted by Crippen LogP contribution is 2.43.